The number of nitrogens with one attached hydrogen (secondary N) is 1. The summed E-state index contributed by atoms with van der Waals surface area (Å²) >= 11 is 0. The molecular weight excluding hydrogens is 256 g/mol. The third-order valence-corrected chi connectivity index (χ3v) is 3.41. The molecule has 0 bridgehead atoms. The van der Waals surface area contributed by atoms with Crippen molar-refractivity contribution in [3.8, 4) is 5.75 Å². The summed E-state index contributed by atoms with van der Waals surface area (Å²) in [6.45, 7) is 1.26. The van der Waals surface area contributed by atoms with Crippen molar-refractivity contribution >= 4 is 11.6 Å². The van der Waals surface area contributed by atoms with Gasteiger partial charge in [-0.2, -0.15) is 0 Å². The maximum atomic E-state index is 12.5. The van der Waals surface area contributed by atoms with E-state index in [4.69, 9.17) is 4.74 Å². The predicted molar refractivity (Wildman–Crippen MR) is 75.6 cm³/mol. The van der Waals surface area contributed by atoms with Gasteiger partial charge in [-0.3, -0.25) is 14.2 Å². The average Bonchev–Trinajstić information content (AvgIpc) is 2.97. The van der Waals surface area contributed by atoms with E-state index >= 15 is 0 Å². The molecule has 5 nitrogen and oxygen atoms in total. The summed E-state index contributed by atoms with van der Waals surface area (Å²) in [5, 5.41) is 3.10. The van der Waals surface area contributed by atoms with Crippen molar-refractivity contribution in [2.75, 3.05) is 19.0 Å². The highest BCUT2D eigenvalue weighted by Gasteiger charge is 2.20. The van der Waals surface area contributed by atoms with Crippen LogP contribution in [-0.2, 0) is 6.54 Å². The lowest BCUT2D eigenvalue weighted by atomic mass is 10.0. The number of ether oxygens (including phenoxy) is 1. The summed E-state index contributed by atoms with van der Waals surface area (Å²) < 4.78 is 6.67. The van der Waals surface area contributed by atoms with E-state index in [1.54, 1.807) is 42.0 Å². The number of hydrogen-bond acceptors (Lipinski definition) is 4. The van der Waals surface area contributed by atoms with Crippen molar-refractivity contribution in [1.82, 2.24) is 4.57 Å². The fraction of sp³-hybridized carbons (Fsp3) is 0.200. The predicted octanol–water partition coefficient (Wildman–Crippen LogP) is 1.51. The minimum absolute atomic E-state index is 0.0868. The Kier molecular flexibility index (Phi) is 3.02. The fourth-order valence-electron chi connectivity index (χ4n) is 2.36. The van der Waals surface area contributed by atoms with E-state index in [-0.39, 0.29) is 11.3 Å². The van der Waals surface area contributed by atoms with Crippen LogP contribution in [-0.4, -0.2) is 24.0 Å². The van der Waals surface area contributed by atoms with Gasteiger partial charge in [0.05, 0.1) is 12.7 Å². The quantitative estimate of drug-likeness (QED) is 0.859. The molecule has 1 N–H and O–H groups in total. The van der Waals surface area contributed by atoms with Crippen molar-refractivity contribution in [2.45, 2.75) is 6.54 Å². The van der Waals surface area contributed by atoms with Crippen LogP contribution in [0.2, 0.25) is 0 Å². The van der Waals surface area contributed by atoms with E-state index in [0.29, 0.717) is 35.8 Å². The van der Waals surface area contributed by atoms with Crippen LogP contribution in [0.5, 0.6) is 5.75 Å². The number of hydrogen-bond donors (Lipinski definition) is 1. The Hall–Kier alpha value is -2.56. The highest BCUT2D eigenvalue weighted by molar-refractivity contribution is 6.12. The van der Waals surface area contributed by atoms with Gasteiger partial charge in [0.1, 0.15) is 11.6 Å². The van der Waals surface area contributed by atoms with Gasteiger partial charge in [0.2, 0.25) is 0 Å². The number of anilines is 1. The van der Waals surface area contributed by atoms with Crippen molar-refractivity contribution in [2.24, 2.45) is 0 Å². The first kappa shape index (κ1) is 12.5. The lowest BCUT2D eigenvalue weighted by Crippen LogP contribution is -2.19. The Bertz CT molecular complexity index is 717. The molecule has 1 aromatic heterocycles. The van der Waals surface area contributed by atoms with Crippen LogP contribution in [0.25, 0.3) is 0 Å². The Balaban J connectivity index is 2.02. The number of pyridine rings is 1. The van der Waals surface area contributed by atoms with Crippen LogP contribution in [0, 0.1) is 0 Å². The molecule has 102 valence electrons. The molecule has 2 aromatic rings. The fourth-order valence-corrected chi connectivity index (χ4v) is 2.36. The van der Waals surface area contributed by atoms with Gasteiger partial charge in [-0.25, -0.2) is 0 Å². The number of aromatic nitrogens is 1. The van der Waals surface area contributed by atoms with Crippen LogP contribution >= 0.6 is 0 Å². The topological polar surface area (TPSA) is 60.3 Å². The van der Waals surface area contributed by atoms with Gasteiger partial charge in [0, 0.05) is 24.7 Å². The molecule has 5 heteroatoms. The van der Waals surface area contributed by atoms with Crippen LogP contribution in [0.15, 0.2) is 41.2 Å². The minimum atomic E-state index is -0.106. The number of ketones is 1. The molecule has 0 spiro atoms. The SMILES string of the molecule is COc1ccc(C(=O)c2ccc(=O)n3c2NCC3)cc1. The number of rotatable bonds is 3. The monoisotopic (exact) mass is 270 g/mol. The Morgan fingerprint density at radius 1 is 1.20 bits per heavy atom. The average molecular weight is 270 g/mol. The number of carbonyl (C=O) groups excluding carboxylic acids is 1. The third-order valence-electron chi connectivity index (χ3n) is 3.41. The third kappa shape index (κ3) is 1.97. The smallest absolute Gasteiger partial charge is 0.252 e. The zero-order chi connectivity index (χ0) is 14.1. The van der Waals surface area contributed by atoms with Crippen LogP contribution in [0.1, 0.15) is 15.9 Å². The molecule has 0 saturated heterocycles. The molecule has 1 aliphatic heterocycles. The van der Waals surface area contributed by atoms with Gasteiger partial charge < -0.3 is 10.1 Å². The molecule has 3 rings (SSSR count). The molecule has 0 fully saturated rings. The Morgan fingerprint density at radius 2 is 1.95 bits per heavy atom. The van der Waals surface area contributed by atoms with Crippen molar-refractivity contribution in [3.63, 3.8) is 0 Å². The zero-order valence-electron chi connectivity index (χ0n) is 11.1. The van der Waals surface area contributed by atoms with Gasteiger partial charge in [-0.1, -0.05) is 0 Å². The van der Waals surface area contributed by atoms with Crippen molar-refractivity contribution in [3.05, 3.63) is 57.9 Å². The van der Waals surface area contributed by atoms with Crippen LogP contribution in [0.3, 0.4) is 0 Å². The summed E-state index contributed by atoms with van der Waals surface area (Å²) in [5.74, 6) is 1.21. The first-order chi connectivity index (χ1) is 9.70. The maximum absolute atomic E-state index is 12.5. The summed E-state index contributed by atoms with van der Waals surface area (Å²) in [7, 11) is 1.58. The molecule has 0 radical (unpaired) electrons. The maximum Gasteiger partial charge on any atom is 0.252 e. The summed E-state index contributed by atoms with van der Waals surface area (Å²) in [5.41, 5.74) is 1.00. The molecule has 0 saturated carbocycles. The van der Waals surface area contributed by atoms with Gasteiger partial charge in [-0.15, -0.1) is 0 Å². The summed E-state index contributed by atoms with van der Waals surface area (Å²) in [6.07, 6.45) is 0. The second-order valence-electron chi connectivity index (χ2n) is 4.57. The first-order valence-corrected chi connectivity index (χ1v) is 6.37. The first-order valence-electron chi connectivity index (χ1n) is 6.37. The zero-order valence-corrected chi connectivity index (χ0v) is 11.1. The Labute approximate surface area is 115 Å². The second-order valence-corrected chi connectivity index (χ2v) is 4.57. The minimum Gasteiger partial charge on any atom is -0.497 e. The lowest BCUT2D eigenvalue weighted by molar-refractivity contribution is 0.103. The van der Waals surface area contributed by atoms with Gasteiger partial charge in [-0.05, 0) is 30.3 Å². The van der Waals surface area contributed by atoms with E-state index in [0.717, 1.165) is 0 Å². The van der Waals surface area contributed by atoms with Gasteiger partial charge in [0.25, 0.3) is 5.56 Å². The van der Waals surface area contributed by atoms with E-state index < -0.39 is 0 Å². The summed E-state index contributed by atoms with van der Waals surface area (Å²) in [4.78, 5) is 24.2. The van der Waals surface area contributed by atoms with E-state index in [9.17, 15) is 9.59 Å². The van der Waals surface area contributed by atoms with Crippen LogP contribution < -0.4 is 15.6 Å². The molecule has 0 atom stereocenters. The normalized spacial score (nSPS) is 12.7. The molecule has 20 heavy (non-hydrogen) atoms. The number of methoxy groups -OCH3 is 1. The second kappa shape index (κ2) is 4.85. The van der Waals surface area contributed by atoms with Crippen LogP contribution in [0.4, 0.5) is 5.82 Å². The van der Waals surface area contributed by atoms with E-state index in [1.807, 2.05) is 0 Å². The molecule has 1 aromatic carbocycles. The van der Waals surface area contributed by atoms with E-state index in [2.05, 4.69) is 5.32 Å². The highest BCUT2D eigenvalue weighted by Crippen LogP contribution is 2.22. The number of carbonyl (C=O) groups is 1. The molecule has 0 amide bonds. The molecular formula is C15H14N2O3. The highest BCUT2D eigenvalue weighted by atomic mass is 16.5. The number of nitrogens with zero attached hydrogens (tertiary/aromatic N) is 1. The molecule has 1 aliphatic rings. The van der Waals surface area contributed by atoms with Crippen molar-refractivity contribution in [1.29, 1.82) is 0 Å². The largest absolute Gasteiger partial charge is 0.497 e. The standard InChI is InChI=1S/C15H14N2O3/c1-20-11-4-2-10(3-5-11)14(19)12-6-7-13(18)17-9-8-16-15(12)17/h2-7,16H,8-9H2,1H3. The van der Waals surface area contributed by atoms with Gasteiger partial charge in [0.15, 0.2) is 5.78 Å². The number of benzene rings is 1. The van der Waals surface area contributed by atoms with Crippen molar-refractivity contribution < 1.29 is 9.53 Å². The molecule has 2 heterocycles. The van der Waals surface area contributed by atoms with E-state index in [1.165, 1.54) is 6.07 Å². The summed E-state index contributed by atoms with van der Waals surface area (Å²) in [6, 6.07) is 9.95. The Morgan fingerprint density at radius 3 is 2.65 bits per heavy atom. The lowest BCUT2D eigenvalue weighted by Gasteiger charge is -2.09. The molecule has 0 unspecified atom stereocenters. The molecule has 0 aliphatic carbocycles. The number of fused-ring (bicyclic) bond motifs is 1. The van der Waals surface area contributed by atoms with Gasteiger partial charge >= 0.3 is 0 Å².